The number of nitrogens with two attached hydrogens (primary N) is 1. The van der Waals surface area contributed by atoms with E-state index < -0.39 is 0 Å². The van der Waals surface area contributed by atoms with E-state index in [9.17, 15) is 4.79 Å². The van der Waals surface area contributed by atoms with Gasteiger partial charge in [-0.15, -0.1) is 0 Å². The molecule has 0 radical (unpaired) electrons. The number of halogens is 2. The van der Waals surface area contributed by atoms with Crippen LogP contribution >= 0.6 is 38.5 Å². The third-order valence-corrected chi connectivity index (χ3v) is 2.99. The van der Waals surface area contributed by atoms with Gasteiger partial charge >= 0.3 is 0 Å². The highest BCUT2D eigenvalue weighted by atomic mass is 127. The summed E-state index contributed by atoms with van der Waals surface area (Å²) in [4.78, 5) is 10.9. The van der Waals surface area contributed by atoms with Crippen molar-refractivity contribution >= 4 is 42.3 Å². The fourth-order valence-corrected chi connectivity index (χ4v) is 1.44. The summed E-state index contributed by atoms with van der Waals surface area (Å²) < 4.78 is 1.03. The van der Waals surface area contributed by atoms with Crippen LogP contribution in [0.15, 0.2) is 28.7 Å². The number of hydrogen-bond acceptors (Lipinski definition) is 2. The zero-order chi connectivity index (χ0) is 9.84. The van der Waals surface area contributed by atoms with Gasteiger partial charge in [-0.3, -0.25) is 4.79 Å². The lowest BCUT2D eigenvalue weighted by atomic mass is 10.1. The molecule has 0 fully saturated rings. The molecular formula is C9H9BrINO. The Balaban J connectivity index is 2.64. The number of carbonyl (C=O) groups excluding carboxylic acids is 1. The van der Waals surface area contributed by atoms with E-state index >= 15 is 0 Å². The molecule has 0 aliphatic heterocycles. The summed E-state index contributed by atoms with van der Waals surface area (Å²) in [6.07, 6.45) is 0.606. The average molecular weight is 354 g/mol. The smallest absolute Gasteiger partial charge is 0.209 e. The number of rotatable bonds is 3. The summed E-state index contributed by atoms with van der Waals surface area (Å²) >= 11 is 5.07. The second kappa shape index (κ2) is 5.07. The highest BCUT2D eigenvalue weighted by Gasteiger charge is 2.09. The van der Waals surface area contributed by atoms with Crippen LogP contribution in [0.25, 0.3) is 0 Å². The highest BCUT2D eigenvalue weighted by Crippen LogP contribution is 2.12. The monoisotopic (exact) mass is 353 g/mol. The van der Waals surface area contributed by atoms with Gasteiger partial charge in [-0.1, -0.05) is 28.1 Å². The third-order valence-electron chi connectivity index (χ3n) is 1.66. The van der Waals surface area contributed by atoms with Crippen molar-refractivity contribution in [2.75, 3.05) is 0 Å². The van der Waals surface area contributed by atoms with Crippen molar-refractivity contribution in [2.24, 2.45) is 5.73 Å². The molecule has 1 aromatic rings. The predicted molar refractivity (Wildman–Crippen MR) is 64.8 cm³/mol. The van der Waals surface area contributed by atoms with Gasteiger partial charge in [-0.25, -0.2) is 0 Å². The third kappa shape index (κ3) is 3.74. The molecule has 0 aliphatic carbocycles. The molecule has 0 saturated carbocycles. The molecule has 2 N–H and O–H groups in total. The largest absolute Gasteiger partial charge is 0.321 e. The first-order valence-corrected chi connectivity index (χ1v) is 5.66. The van der Waals surface area contributed by atoms with Gasteiger partial charge in [0, 0.05) is 27.1 Å². The number of hydrogen-bond donors (Lipinski definition) is 1. The number of benzene rings is 1. The van der Waals surface area contributed by atoms with Crippen LogP contribution in [0.1, 0.15) is 5.56 Å². The van der Waals surface area contributed by atoms with Gasteiger partial charge in [0.25, 0.3) is 0 Å². The molecule has 0 bridgehead atoms. The molecule has 0 amide bonds. The second-order valence-corrected chi connectivity index (χ2v) is 4.72. The van der Waals surface area contributed by atoms with E-state index in [4.69, 9.17) is 5.73 Å². The van der Waals surface area contributed by atoms with Crippen molar-refractivity contribution in [1.82, 2.24) is 0 Å². The number of carbonyl (C=O) groups is 1. The molecule has 0 heterocycles. The molecule has 0 unspecified atom stereocenters. The molecule has 1 atom stereocenters. The Morgan fingerprint density at radius 2 is 2.00 bits per heavy atom. The molecule has 4 heteroatoms. The minimum absolute atomic E-state index is 0.000480. The average Bonchev–Trinajstić information content (AvgIpc) is 2.08. The summed E-state index contributed by atoms with van der Waals surface area (Å²) in [5.74, 6) is 0. The summed E-state index contributed by atoms with van der Waals surface area (Å²) in [6, 6.07) is 7.42. The minimum Gasteiger partial charge on any atom is -0.321 e. The van der Waals surface area contributed by atoms with Crippen LogP contribution in [0.5, 0.6) is 0 Å². The molecule has 70 valence electrons. The molecule has 13 heavy (non-hydrogen) atoms. The lowest BCUT2D eigenvalue weighted by Crippen LogP contribution is -2.28. The normalized spacial score (nSPS) is 12.5. The maximum absolute atomic E-state index is 10.9. The Bertz CT molecular complexity index is 299. The van der Waals surface area contributed by atoms with E-state index in [1.807, 2.05) is 24.3 Å². The van der Waals surface area contributed by atoms with Crippen LogP contribution in [-0.4, -0.2) is 9.83 Å². The lowest BCUT2D eigenvalue weighted by Gasteiger charge is -2.06. The Morgan fingerprint density at radius 1 is 1.46 bits per heavy atom. The van der Waals surface area contributed by atoms with Crippen molar-refractivity contribution in [3.05, 3.63) is 34.3 Å². The van der Waals surface area contributed by atoms with Crippen LogP contribution < -0.4 is 5.73 Å². The first-order valence-electron chi connectivity index (χ1n) is 3.79. The zero-order valence-corrected chi connectivity index (χ0v) is 10.6. The van der Waals surface area contributed by atoms with Crippen LogP contribution in [0.3, 0.4) is 0 Å². The quantitative estimate of drug-likeness (QED) is 0.669. The van der Waals surface area contributed by atoms with E-state index in [1.165, 1.54) is 0 Å². The van der Waals surface area contributed by atoms with Crippen LogP contribution in [0, 0.1) is 0 Å². The van der Waals surface area contributed by atoms with Crippen molar-refractivity contribution in [3.8, 4) is 0 Å². The summed E-state index contributed by atoms with van der Waals surface area (Å²) in [5.41, 5.74) is 6.70. The van der Waals surface area contributed by atoms with Crippen molar-refractivity contribution < 1.29 is 4.79 Å². The van der Waals surface area contributed by atoms with Crippen LogP contribution in [0.4, 0.5) is 0 Å². The SMILES string of the molecule is N[C@H](Cc1ccc(Br)cc1)C(=O)I. The second-order valence-electron chi connectivity index (χ2n) is 2.74. The predicted octanol–water partition coefficient (Wildman–Crippen LogP) is 2.28. The standard InChI is InChI=1S/C9H9BrINO/c10-7-3-1-6(2-4-7)5-8(12)9(11)13/h1-4,8H,5,12H2/t8-/m1/s1. The van der Waals surface area contributed by atoms with Gasteiger partial charge in [-0.05, 0) is 24.1 Å². The Kier molecular flexibility index (Phi) is 4.34. The molecular weight excluding hydrogens is 345 g/mol. The van der Waals surface area contributed by atoms with E-state index in [0.29, 0.717) is 6.42 Å². The Morgan fingerprint density at radius 3 is 2.46 bits per heavy atom. The first kappa shape index (κ1) is 11.1. The van der Waals surface area contributed by atoms with Gasteiger partial charge < -0.3 is 5.73 Å². The Labute approximate surface area is 99.2 Å². The van der Waals surface area contributed by atoms with Crippen molar-refractivity contribution in [3.63, 3.8) is 0 Å². The molecule has 1 rings (SSSR count). The van der Waals surface area contributed by atoms with Crippen molar-refractivity contribution in [1.29, 1.82) is 0 Å². The van der Waals surface area contributed by atoms with Crippen LogP contribution in [-0.2, 0) is 11.2 Å². The molecule has 1 aromatic carbocycles. The minimum atomic E-state index is -0.387. The summed E-state index contributed by atoms with van der Waals surface area (Å²) in [7, 11) is 0. The van der Waals surface area contributed by atoms with E-state index in [1.54, 1.807) is 22.6 Å². The lowest BCUT2D eigenvalue weighted by molar-refractivity contribution is -0.110. The van der Waals surface area contributed by atoms with Crippen molar-refractivity contribution in [2.45, 2.75) is 12.5 Å². The molecule has 0 aromatic heterocycles. The summed E-state index contributed by atoms with van der Waals surface area (Å²) in [6.45, 7) is 0. The highest BCUT2D eigenvalue weighted by molar-refractivity contribution is 14.1. The Hall–Kier alpha value is 0.0600. The fourth-order valence-electron chi connectivity index (χ4n) is 0.955. The fraction of sp³-hybridized carbons (Fsp3) is 0.222. The van der Waals surface area contributed by atoms with E-state index in [0.717, 1.165) is 10.0 Å². The zero-order valence-electron chi connectivity index (χ0n) is 6.84. The molecule has 0 aliphatic rings. The maximum atomic E-state index is 10.9. The summed E-state index contributed by atoms with van der Waals surface area (Å²) in [5, 5.41) is 0. The van der Waals surface area contributed by atoms with Gasteiger partial charge in [0.1, 0.15) is 0 Å². The molecule has 2 nitrogen and oxygen atoms in total. The van der Waals surface area contributed by atoms with E-state index in [-0.39, 0.29) is 9.83 Å². The molecule has 0 saturated heterocycles. The van der Waals surface area contributed by atoms with Gasteiger partial charge in [0.2, 0.25) is 3.79 Å². The van der Waals surface area contributed by atoms with Gasteiger partial charge in [0.05, 0.1) is 6.04 Å². The van der Waals surface area contributed by atoms with E-state index in [2.05, 4.69) is 15.9 Å². The first-order chi connectivity index (χ1) is 6.09. The maximum Gasteiger partial charge on any atom is 0.209 e. The topological polar surface area (TPSA) is 43.1 Å². The van der Waals surface area contributed by atoms with Crippen LogP contribution in [0.2, 0.25) is 0 Å². The van der Waals surface area contributed by atoms with Gasteiger partial charge in [0.15, 0.2) is 0 Å². The van der Waals surface area contributed by atoms with Gasteiger partial charge in [-0.2, -0.15) is 0 Å². The molecule has 0 spiro atoms.